The molecule has 0 bridgehead atoms. The van der Waals surface area contributed by atoms with Crippen molar-refractivity contribution in [2.45, 2.75) is 24.3 Å². The van der Waals surface area contributed by atoms with Crippen molar-refractivity contribution in [1.82, 2.24) is 14.8 Å². The fourth-order valence-electron chi connectivity index (χ4n) is 2.03. The fraction of sp³-hybridized carbons (Fsp3) is 0.429. The lowest BCUT2D eigenvalue weighted by Crippen LogP contribution is -2.06. The van der Waals surface area contributed by atoms with Crippen molar-refractivity contribution in [2.75, 3.05) is 20.0 Å². The third kappa shape index (κ3) is 3.80. The Labute approximate surface area is 130 Å². The number of alkyl halides is 3. The Balaban J connectivity index is 2.29. The second kappa shape index (κ2) is 7.15. The lowest BCUT2D eigenvalue weighted by Gasteiger charge is -2.10. The number of halogens is 3. The topological polar surface area (TPSA) is 39.9 Å². The average Bonchev–Trinajstić information content (AvgIpc) is 2.90. The molecule has 0 atom stereocenters. The normalized spacial score (nSPS) is 11.9. The van der Waals surface area contributed by atoms with Gasteiger partial charge in [0.15, 0.2) is 11.0 Å². The zero-order valence-corrected chi connectivity index (χ0v) is 13.0. The first-order chi connectivity index (χ1) is 10.5. The van der Waals surface area contributed by atoms with Gasteiger partial charge in [-0.05, 0) is 24.8 Å². The minimum Gasteiger partial charge on any atom is -0.385 e. The van der Waals surface area contributed by atoms with Crippen LogP contribution in [0.5, 0.6) is 0 Å². The average molecular weight is 331 g/mol. The Bertz CT molecular complexity index is 611. The van der Waals surface area contributed by atoms with Crippen LogP contribution >= 0.6 is 11.8 Å². The van der Waals surface area contributed by atoms with Crippen LogP contribution in [0.25, 0.3) is 11.4 Å². The number of hydrogen-bond acceptors (Lipinski definition) is 4. The van der Waals surface area contributed by atoms with Crippen molar-refractivity contribution in [1.29, 1.82) is 0 Å². The van der Waals surface area contributed by atoms with Gasteiger partial charge in [-0.2, -0.15) is 13.2 Å². The number of thioether (sulfide) groups is 1. The van der Waals surface area contributed by atoms with Crippen molar-refractivity contribution in [3.63, 3.8) is 0 Å². The number of ether oxygens (including phenoxy) is 1. The highest BCUT2D eigenvalue weighted by Crippen LogP contribution is 2.31. The lowest BCUT2D eigenvalue weighted by molar-refractivity contribution is -0.137. The minimum absolute atomic E-state index is 0.564. The molecule has 0 spiro atoms. The molecule has 0 aliphatic carbocycles. The Hall–Kier alpha value is -1.54. The molecule has 0 aliphatic heterocycles. The number of nitrogens with zero attached hydrogens (tertiary/aromatic N) is 3. The van der Waals surface area contributed by atoms with E-state index < -0.39 is 11.7 Å². The van der Waals surface area contributed by atoms with E-state index in [0.717, 1.165) is 23.7 Å². The summed E-state index contributed by atoms with van der Waals surface area (Å²) in [7, 11) is 1.62. The summed E-state index contributed by atoms with van der Waals surface area (Å²) in [5.41, 5.74) is -0.0648. The molecular weight excluding hydrogens is 315 g/mol. The van der Waals surface area contributed by atoms with Crippen LogP contribution in [0.1, 0.15) is 12.0 Å². The van der Waals surface area contributed by atoms with Crippen LogP contribution in [0.15, 0.2) is 29.4 Å². The first-order valence-corrected chi connectivity index (χ1v) is 7.83. The highest BCUT2D eigenvalue weighted by atomic mass is 32.2. The Kier molecular flexibility index (Phi) is 5.47. The van der Waals surface area contributed by atoms with Gasteiger partial charge < -0.3 is 9.30 Å². The fourth-order valence-corrected chi connectivity index (χ4v) is 2.55. The summed E-state index contributed by atoms with van der Waals surface area (Å²) >= 11 is 1.44. The Morgan fingerprint density at radius 2 is 1.86 bits per heavy atom. The molecule has 2 rings (SSSR count). The van der Waals surface area contributed by atoms with E-state index >= 15 is 0 Å². The molecule has 22 heavy (non-hydrogen) atoms. The highest BCUT2D eigenvalue weighted by molar-refractivity contribution is 7.98. The zero-order valence-electron chi connectivity index (χ0n) is 12.2. The van der Waals surface area contributed by atoms with E-state index in [9.17, 15) is 13.2 Å². The molecule has 8 heteroatoms. The maximum absolute atomic E-state index is 12.6. The monoisotopic (exact) mass is 331 g/mol. The highest BCUT2D eigenvalue weighted by Gasteiger charge is 2.30. The second-order valence-electron chi connectivity index (χ2n) is 4.58. The summed E-state index contributed by atoms with van der Waals surface area (Å²) in [4.78, 5) is 0. The van der Waals surface area contributed by atoms with Crippen LogP contribution < -0.4 is 0 Å². The standard InChI is InChI=1S/C14H16F3N3OS/c1-21-9-3-8-20-12(18-19-13(20)22-2)10-4-6-11(7-5-10)14(15,16)17/h4-7H,3,8-9H2,1-2H3. The molecular formula is C14H16F3N3OS. The van der Waals surface area contributed by atoms with Gasteiger partial charge in [-0.3, -0.25) is 0 Å². The summed E-state index contributed by atoms with van der Waals surface area (Å²) in [6, 6.07) is 4.96. The third-order valence-electron chi connectivity index (χ3n) is 3.10. The lowest BCUT2D eigenvalue weighted by atomic mass is 10.1. The summed E-state index contributed by atoms with van der Waals surface area (Å²) in [6.07, 6.45) is -1.68. The molecule has 0 saturated heterocycles. The van der Waals surface area contributed by atoms with Crippen LogP contribution in [0.4, 0.5) is 13.2 Å². The van der Waals surface area contributed by atoms with Gasteiger partial charge in [-0.25, -0.2) is 0 Å². The van der Waals surface area contributed by atoms with Gasteiger partial charge in [0, 0.05) is 25.8 Å². The molecule has 0 unspecified atom stereocenters. The van der Waals surface area contributed by atoms with Crippen molar-refractivity contribution in [3.8, 4) is 11.4 Å². The molecule has 0 amide bonds. The van der Waals surface area contributed by atoms with Gasteiger partial charge in [-0.15, -0.1) is 10.2 Å². The van der Waals surface area contributed by atoms with E-state index in [1.165, 1.54) is 23.9 Å². The van der Waals surface area contributed by atoms with E-state index in [4.69, 9.17) is 4.74 Å². The number of aromatic nitrogens is 3. The van der Waals surface area contributed by atoms with Crippen molar-refractivity contribution < 1.29 is 17.9 Å². The molecule has 1 aromatic carbocycles. The van der Waals surface area contributed by atoms with Crippen LogP contribution in [0.2, 0.25) is 0 Å². The number of methoxy groups -OCH3 is 1. The Morgan fingerprint density at radius 3 is 2.41 bits per heavy atom. The number of benzene rings is 1. The van der Waals surface area contributed by atoms with Crippen LogP contribution in [0, 0.1) is 0 Å². The van der Waals surface area contributed by atoms with Gasteiger partial charge in [0.1, 0.15) is 0 Å². The summed E-state index contributed by atoms with van der Waals surface area (Å²) in [6.45, 7) is 1.24. The van der Waals surface area contributed by atoms with E-state index in [0.29, 0.717) is 24.5 Å². The summed E-state index contributed by atoms with van der Waals surface area (Å²) in [5, 5.41) is 8.90. The summed E-state index contributed by atoms with van der Waals surface area (Å²) in [5.74, 6) is 0.564. The summed E-state index contributed by atoms with van der Waals surface area (Å²) < 4.78 is 44.8. The van der Waals surface area contributed by atoms with Crippen molar-refractivity contribution in [3.05, 3.63) is 29.8 Å². The molecule has 4 nitrogen and oxygen atoms in total. The molecule has 2 aromatic rings. The molecule has 0 saturated carbocycles. The van der Waals surface area contributed by atoms with Crippen LogP contribution in [-0.4, -0.2) is 34.7 Å². The number of rotatable bonds is 6. The van der Waals surface area contributed by atoms with Gasteiger partial charge >= 0.3 is 6.18 Å². The third-order valence-corrected chi connectivity index (χ3v) is 3.77. The predicted octanol–water partition coefficient (Wildman–Crippen LogP) is 3.72. The van der Waals surface area contributed by atoms with E-state index in [1.54, 1.807) is 7.11 Å². The molecule has 1 aromatic heterocycles. The van der Waals surface area contributed by atoms with E-state index in [1.807, 2.05) is 10.8 Å². The Morgan fingerprint density at radius 1 is 1.18 bits per heavy atom. The molecule has 1 heterocycles. The van der Waals surface area contributed by atoms with E-state index in [-0.39, 0.29) is 0 Å². The quantitative estimate of drug-likeness (QED) is 0.597. The zero-order chi connectivity index (χ0) is 16.2. The van der Waals surface area contributed by atoms with Gasteiger partial charge in [0.2, 0.25) is 0 Å². The number of hydrogen-bond donors (Lipinski definition) is 0. The second-order valence-corrected chi connectivity index (χ2v) is 5.36. The van der Waals surface area contributed by atoms with Gasteiger partial charge in [0.05, 0.1) is 5.56 Å². The molecule has 0 aliphatic rings. The molecule has 0 N–H and O–H groups in total. The van der Waals surface area contributed by atoms with Gasteiger partial charge in [-0.1, -0.05) is 23.9 Å². The maximum Gasteiger partial charge on any atom is 0.416 e. The van der Waals surface area contributed by atoms with E-state index in [2.05, 4.69) is 10.2 Å². The SMILES string of the molecule is COCCCn1c(SC)nnc1-c1ccc(C(F)(F)F)cc1. The van der Waals surface area contributed by atoms with Crippen molar-refractivity contribution >= 4 is 11.8 Å². The maximum atomic E-state index is 12.6. The largest absolute Gasteiger partial charge is 0.416 e. The van der Waals surface area contributed by atoms with Crippen molar-refractivity contribution in [2.24, 2.45) is 0 Å². The van der Waals surface area contributed by atoms with Gasteiger partial charge in [0.25, 0.3) is 0 Å². The minimum atomic E-state index is -4.34. The van der Waals surface area contributed by atoms with Crippen LogP contribution in [-0.2, 0) is 17.5 Å². The first-order valence-electron chi connectivity index (χ1n) is 6.61. The predicted molar refractivity (Wildman–Crippen MR) is 78.7 cm³/mol. The molecule has 120 valence electrons. The van der Waals surface area contributed by atoms with Crippen LogP contribution in [0.3, 0.4) is 0 Å². The first kappa shape index (κ1) is 16.8. The molecule has 0 fully saturated rings. The molecule has 0 radical (unpaired) electrons. The smallest absolute Gasteiger partial charge is 0.385 e.